The van der Waals surface area contributed by atoms with Gasteiger partial charge in [0.2, 0.25) is 20.0 Å². The van der Waals surface area contributed by atoms with Crippen molar-refractivity contribution in [1.29, 1.82) is 0 Å². The lowest BCUT2D eigenvalue weighted by molar-refractivity contribution is -0.143. The van der Waals surface area contributed by atoms with E-state index in [9.17, 15) is 26.7 Å². The van der Waals surface area contributed by atoms with Crippen molar-refractivity contribution in [2.45, 2.75) is 23.1 Å². The van der Waals surface area contributed by atoms with Crippen LogP contribution in [0.3, 0.4) is 0 Å². The second-order valence-corrected chi connectivity index (χ2v) is 10.5. The molecule has 0 aromatic heterocycles. The van der Waals surface area contributed by atoms with Crippen LogP contribution in [-0.2, 0) is 24.8 Å². The standard InChI is InChI=1S/C15H22N2O6S2/c1-11-8-12(15(18)19)10-17(9-11)25(22,23)14-6-4-13(5-7-14)24(20,21)16(2)3/h4-7,11-12H,8-10H2,1-3H3,(H,18,19). The van der Waals surface area contributed by atoms with Crippen LogP contribution in [0.5, 0.6) is 0 Å². The molecule has 0 spiro atoms. The number of carboxylic acids is 1. The Kier molecular flexibility index (Phi) is 5.57. The molecule has 140 valence electrons. The quantitative estimate of drug-likeness (QED) is 0.791. The molecule has 25 heavy (non-hydrogen) atoms. The van der Waals surface area contributed by atoms with Gasteiger partial charge in [0.15, 0.2) is 0 Å². The summed E-state index contributed by atoms with van der Waals surface area (Å²) in [5.41, 5.74) is 0. The predicted octanol–water partition coefficient (Wildman–Crippen LogP) is 0.668. The second kappa shape index (κ2) is 7.02. The molecule has 10 heteroatoms. The molecule has 8 nitrogen and oxygen atoms in total. The third-order valence-corrected chi connectivity index (χ3v) is 7.89. The highest BCUT2D eigenvalue weighted by atomic mass is 32.2. The smallest absolute Gasteiger partial charge is 0.307 e. The van der Waals surface area contributed by atoms with Crippen molar-refractivity contribution >= 4 is 26.0 Å². The van der Waals surface area contributed by atoms with Crippen LogP contribution in [0.1, 0.15) is 13.3 Å². The first-order valence-corrected chi connectivity index (χ1v) is 10.6. The first kappa shape index (κ1) is 19.8. The number of sulfonamides is 2. The van der Waals surface area contributed by atoms with E-state index in [1.807, 2.05) is 6.92 Å². The lowest BCUT2D eigenvalue weighted by Gasteiger charge is -2.33. The number of hydrogen-bond acceptors (Lipinski definition) is 5. The van der Waals surface area contributed by atoms with Crippen molar-refractivity contribution in [3.63, 3.8) is 0 Å². The highest BCUT2D eigenvalue weighted by Gasteiger charge is 2.36. The van der Waals surface area contributed by atoms with E-state index in [0.29, 0.717) is 6.42 Å². The van der Waals surface area contributed by atoms with Crippen LogP contribution in [0.4, 0.5) is 0 Å². The van der Waals surface area contributed by atoms with Crippen LogP contribution in [0.15, 0.2) is 34.1 Å². The lowest BCUT2D eigenvalue weighted by atomic mass is 9.92. The Morgan fingerprint density at radius 3 is 2.08 bits per heavy atom. The number of hydrogen-bond donors (Lipinski definition) is 1. The molecule has 1 aromatic carbocycles. The average molecular weight is 390 g/mol. The van der Waals surface area contributed by atoms with Gasteiger partial charge in [-0.1, -0.05) is 6.92 Å². The molecule has 1 N–H and O–H groups in total. The van der Waals surface area contributed by atoms with Gasteiger partial charge >= 0.3 is 5.97 Å². The summed E-state index contributed by atoms with van der Waals surface area (Å²) in [5, 5.41) is 9.20. The van der Waals surface area contributed by atoms with Gasteiger partial charge in [0.1, 0.15) is 0 Å². The fourth-order valence-corrected chi connectivity index (χ4v) is 5.33. The molecule has 0 saturated carbocycles. The van der Waals surface area contributed by atoms with Gasteiger partial charge in [-0.15, -0.1) is 0 Å². The van der Waals surface area contributed by atoms with E-state index in [2.05, 4.69) is 0 Å². The van der Waals surface area contributed by atoms with E-state index in [-0.39, 0.29) is 28.8 Å². The molecular weight excluding hydrogens is 368 g/mol. The Morgan fingerprint density at radius 1 is 1.08 bits per heavy atom. The van der Waals surface area contributed by atoms with Crippen molar-refractivity contribution in [1.82, 2.24) is 8.61 Å². The molecule has 0 amide bonds. The zero-order valence-electron chi connectivity index (χ0n) is 14.3. The number of piperidine rings is 1. The number of benzene rings is 1. The maximum atomic E-state index is 12.8. The number of nitrogens with zero attached hydrogens (tertiary/aromatic N) is 2. The summed E-state index contributed by atoms with van der Waals surface area (Å²) >= 11 is 0. The highest BCUT2D eigenvalue weighted by Crippen LogP contribution is 2.27. The normalized spacial score (nSPS) is 22.9. The minimum atomic E-state index is -3.88. The molecule has 0 bridgehead atoms. The van der Waals surface area contributed by atoms with Gasteiger partial charge < -0.3 is 5.11 Å². The molecule has 2 unspecified atom stereocenters. The second-order valence-electron chi connectivity index (χ2n) is 6.46. The molecule has 1 heterocycles. The number of aliphatic carboxylic acids is 1. The van der Waals surface area contributed by atoms with Crippen molar-refractivity contribution in [2.75, 3.05) is 27.2 Å². The fraction of sp³-hybridized carbons (Fsp3) is 0.533. The summed E-state index contributed by atoms with van der Waals surface area (Å²) in [4.78, 5) is 11.2. The summed E-state index contributed by atoms with van der Waals surface area (Å²) in [5.74, 6) is -1.83. The van der Waals surface area contributed by atoms with Crippen molar-refractivity contribution in [3.8, 4) is 0 Å². The largest absolute Gasteiger partial charge is 0.481 e. The Balaban J connectivity index is 2.32. The van der Waals surface area contributed by atoms with Crippen LogP contribution < -0.4 is 0 Å². The molecule has 1 aliphatic heterocycles. The third kappa shape index (κ3) is 4.02. The summed E-state index contributed by atoms with van der Waals surface area (Å²) in [6.45, 7) is 1.97. The van der Waals surface area contributed by atoms with Crippen molar-refractivity contribution < 1.29 is 26.7 Å². The fourth-order valence-electron chi connectivity index (χ4n) is 2.82. The van der Waals surface area contributed by atoms with Gasteiger partial charge in [-0.2, -0.15) is 4.31 Å². The van der Waals surface area contributed by atoms with Gasteiger partial charge in [0, 0.05) is 27.2 Å². The van der Waals surface area contributed by atoms with Crippen LogP contribution in [0.2, 0.25) is 0 Å². The van der Waals surface area contributed by atoms with Crippen molar-refractivity contribution in [2.24, 2.45) is 11.8 Å². The van der Waals surface area contributed by atoms with Crippen molar-refractivity contribution in [3.05, 3.63) is 24.3 Å². The Labute approximate surface area is 148 Å². The van der Waals surface area contributed by atoms with Crippen LogP contribution in [0, 0.1) is 11.8 Å². The lowest BCUT2D eigenvalue weighted by Crippen LogP contribution is -2.45. The topological polar surface area (TPSA) is 112 Å². The van der Waals surface area contributed by atoms with Crippen LogP contribution in [0.25, 0.3) is 0 Å². The summed E-state index contributed by atoms with van der Waals surface area (Å²) in [6.07, 6.45) is 0.432. The van der Waals surface area contributed by atoms with E-state index < -0.39 is 31.9 Å². The average Bonchev–Trinajstić information content (AvgIpc) is 2.54. The molecule has 1 saturated heterocycles. The zero-order chi connectivity index (χ0) is 19.0. The van der Waals surface area contributed by atoms with Crippen LogP contribution >= 0.6 is 0 Å². The minimum Gasteiger partial charge on any atom is -0.481 e. The molecule has 2 atom stereocenters. The Morgan fingerprint density at radius 2 is 1.60 bits per heavy atom. The van der Waals surface area contributed by atoms with E-state index in [4.69, 9.17) is 0 Å². The zero-order valence-corrected chi connectivity index (χ0v) is 15.9. The van der Waals surface area contributed by atoms with Crippen LogP contribution in [-0.4, -0.2) is 63.7 Å². The molecule has 0 aliphatic carbocycles. The monoisotopic (exact) mass is 390 g/mol. The molecule has 1 aliphatic rings. The summed E-state index contributed by atoms with van der Waals surface area (Å²) in [7, 11) is -4.75. The minimum absolute atomic E-state index is 0.00752. The van der Waals surface area contributed by atoms with E-state index in [1.165, 1.54) is 38.4 Å². The summed E-state index contributed by atoms with van der Waals surface area (Å²) in [6, 6.07) is 4.95. The maximum absolute atomic E-state index is 12.8. The molecular formula is C15H22N2O6S2. The van der Waals surface area contributed by atoms with Gasteiger partial charge in [-0.05, 0) is 36.6 Å². The van der Waals surface area contributed by atoms with E-state index in [1.54, 1.807) is 0 Å². The van der Waals surface area contributed by atoms with Gasteiger partial charge in [0.05, 0.1) is 15.7 Å². The van der Waals surface area contributed by atoms with E-state index in [0.717, 1.165) is 8.61 Å². The molecule has 0 radical (unpaired) electrons. The maximum Gasteiger partial charge on any atom is 0.307 e. The third-order valence-electron chi connectivity index (χ3n) is 4.22. The highest BCUT2D eigenvalue weighted by molar-refractivity contribution is 7.89. The van der Waals surface area contributed by atoms with Gasteiger partial charge in [0.25, 0.3) is 0 Å². The summed E-state index contributed by atoms with van der Waals surface area (Å²) < 4.78 is 51.9. The predicted molar refractivity (Wildman–Crippen MR) is 91.0 cm³/mol. The number of carbonyl (C=O) groups is 1. The first-order valence-electron chi connectivity index (χ1n) is 7.72. The van der Waals surface area contributed by atoms with Gasteiger partial charge in [-0.3, -0.25) is 4.79 Å². The molecule has 1 fully saturated rings. The first-order chi connectivity index (χ1) is 11.5. The van der Waals surface area contributed by atoms with Gasteiger partial charge in [-0.25, -0.2) is 21.1 Å². The Hall–Kier alpha value is -1.49. The number of carboxylic acid groups (broad SMARTS) is 1. The van der Waals surface area contributed by atoms with E-state index >= 15 is 0 Å². The number of rotatable bonds is 5. The molecule has 1 aromatic rings. The Bertz CT molecular complexity index is 847. The molecule has 2 rings (SSSR count). The SMILES string of the molecule is CC1CC(C(=O)O)CN(S(=O)(=O)c2ccc(S(=O)(=O)N(C)C)cc2)C1.